The van der Waals surface area contributed by atoms with Crippen molar-refractivity contribution in [3.8, 4) is 0 Å². The Morgan fingerprint density at radius 3 is 1.71 bits per heavy atom. The van der Waals surface area contributed by atoms with Crippen LogP contribution in [0, 0.1) is 0 Å². The van der Waals surface area contributed by atoms with E-state index in [1.165, 1.54) is 38.8 Å². The Morgan fingerprint density at radius 2 is 1.33 bits per heavy atom. The van der Waals surface area contributed by atoms with Crippen LogP contribution < -0.4 is 0 Å². The van der Waals surface area contributed by atoms with Crippen LogP contribution in [0.15, 0.2) is 24.3 Å². The minimum atomic E-state index is -0.588. The highest BCUT2D eigenvalue weighted by Gasteiger charge is 2.24. The summed E-state index contributed by atoms with van der Waals surface area (Å²) in [5, 5.41) is 10.8. The largest absolute Gasteiger partial charge is 0.389 e. The second-order valence-corrected chi connectivity index (χ2v) is 6.07. The van der Waals surface area contributed by atoms with Crippen molar-refractivity contribution < 1.29 is 5.11 Å². The normalized spacial score (nSPS) is 15.3. The van der Waals surface area contributed by atoms with Crippen molar-refractivity contribution in [3.05, 3.63) is 24.3 Å². The van der Waals surface area contributed by atoms with E-state index in [4.69, 9.17) is 0 Å². The van der Waals surface area contributed by atoms with E-state index in [1.807, 2.05) is 26.0 Å². The maximum atomic E-state index is 10.8. The molecule has 21 heavy (non-hydrogen) atoms. The number of hydrogen-bond acceptors (Lipinski definition) is 2. The smallest absolute Gasteiger partial charge is 0.0728 e. The van der Waals surface area contributed by atoms with Gasteiger partial charge >= 0.3 is 0 Å². The van der Waals surface area contributed by atoms with Gasteiger partial charge in [0.25, 0.3) is 0 Å². The van der Waals surface area contributed by atoms with E-state index in [9.17, 15) is 5.11 Å². The molecule has 0 spiro atoms. The van der Waals surface area contributed by atoms with Crippen LogP contribution in [-0.4, -0.2) is 35.2 Å². The van der Waals surface area contributed by atoms with E-state index in [-0.39, 0.29) is 0 Å². The summed E-state index contributed by atoms with van der Waals surface area (Å²) >= 11 is 0. The van der Waals surface area contributed by atoms with Crippen LogP contribution in [0.5, 0.6) is 0 Å². The molecule has 0 amide bonds. The average Bonchev–Trinajstić information content (AvgIpc) is 2.50. The number of hydrogen-bond donors (Lipinski definition) is 1. The molecule has 0 rings (SSSR count). The van der Waals surface area contributed by atoms with Gasteiger partial charge in [0.15, 0.2) is 0 Å². The van der Waals surface area contributed by atoms with Crippen molar-refractivity contribution in [2.75, 3.05) is 19.6 Å². The Hall–Kier alpha value is -0.600. The lowest BCUT2D eigenvalue weighted by Crippen LogP contribution is -2.35. The monoisotopic (exact) mass is 295 g/mol. The molecule has 0 unspecified atom stereocenters. The first-order valence-electron chi connectivity index (χ1n) is 8.79. The third-order valence-corrected chi connectivity index (χ3v) is 4.02. The second kappa shape index (κ2) is 13.1. The Bertz CT molecular complexity index is 261. The van der Waals surface area contributed by atoms with Gasteiger partial charge < -0.3 is 10.0 Å². The minimum absolute atomic E-state index is 0.588. The molecule has 0 aliphatic heterocycles. The molecule has 2 nitrogen and oxygen atoms in total. The van der Waals surface area contributed by atoms with E-state index in [1.54, 1.807) is 0 Å². The van der Waals surface area contributed by atoms with Crippen LogP contribution in [0.3, 0.4) is 0 Å². The first kappa shape index (κ1) is 20.4. The Morgan fingerprint density at radius 1 is 0.857 bits per heavy atom. The summed E-state index contributed by atoms with van der Waals surface area (Å²) in [6.45, 7) is 11.9. The van der Waals surface area contributed by atoms with Gasteiger partial charge in [-0.2, -0.15) is 0 Å². The van der Waals surface area contributed by atoms with Crippen LogP contribution in [0.2, 0.25) is 0 Å². The molecule has 1 N–H and O–H groups in total. The van der Waals surface area contributed by atoms with Crippen molar-refractivity contribution >= 4 is 0 Å². The number of rotatable bonds is 13. The standard InChI is InChI=1S/C19H37NO/c1-5-9-13-19(21,14-10-6-2)15-18-20(16-11-7-3)17-12-8-4/h5-6,9-10,21H,7-8,11-18H2,1-4H3. The summed E-state index contributed by atoms with van der Waals surface area (Å²) in [6.07, 6.45) is 15.6. The topological polar surface area (TPSA) is 23.5 Å². The molecule has 0 fully saturated rings. The fourth-order valence-corrected chi connectivity index (χ4v) is 2.43. The summed E-state index contributed by atoms with van der Waals surface area (Å²) in [4.78, 5) is 2.53. The molecule has 0 bridgehead atoms. The summed E-state index contributed by atoms with van der Waals surface area (Å²) in [5.74, 6) is 0. The van der Waals surface area contributed by atoms with Gasteiger partial charge in [0.1, 0.15) is 0 Å². The maximum Gasteiger partial charge on any atom is 0.0728 e. The molecule has 0 radical (unpaired) electrons. The number of nitrogens with zero attached hydrogens (tertiary/aromatic N) is 1. The zero-order valence-corrected chi connectivity index (χ0v) is 14.8. The highest BCUT2D eigenvalue weighted by molar-refractivity contribution is 4.96. The van der Waals surface area contributed by atoms with Gasteiger partial charge in [-0.15, -0.1) is 0 Å². The van der Waals surface area contributed by atoms with Crippen LogP contribution in [0.25, 0.3) is 0 Å². The maximum absolute atomic E-state index is 10.8. The predicted molar refractivity (Wildman–Crippen MR) is 94.7 cm³/mol. The van der Waals surface area contributed by atoms with Crippen LogP contribution in [0.1, 0.15) is 72.6 Å². The van der Waals surface area contributed by atoms with Gasteiger partial charge in [0, 0.05) is 6.54 Å². The first-order chi connectivity index (χ1) is 10.1. The fourth-order valence-electron chi connectivity index (χ4n) is 2.43. The van der Waals surface area contributed by atoms with Gasteiger partial charge in [-0.3, -0.25) is 0 Å². The van der Waals surface area contributed by atoms with Gasteiger partial charge in [-0.25, -0.2) is 0 Å². The van der Waals surface area contributed by atoms with Gasteiger partial charge in [-0.1, -0.05) is 51.0 Å². The zero-order valence-electron chi connectivity index (χ0n) is 14.8. The Labute approximate surface area is 132 Å². The quantitative estimate of drug-likeness (QED) is 0.486. The summed E-state index contributed by atoms with van der Waals surface area (Å²) in [5.41, 5.74) is -0.588. The molecule has 0 atom stereocenters. The van der Waals surface area contributed by atoms with Crippen molar-refractivity contribution in [1.29, 1.82) is 0 Å². The van der Waals surface area contributed by atoms with Crippen molar-refractivity contribution in [1.82, 2.24) is 4.90 Å². The molecule has 0 aromatic carbocycles. The van der Waals surface area contributed by atoms with Crippen LogP contribution in [0.4, 0.5) is 0 Å². The van der Waals surface area contributed by atoms with E-state index < -0.39 is 5.60 Å². The number of allylic oxidation sites excluding steroid dienone is 2. The number of unbranched alkanes of at least 4 members (excludes halogenated alkanes) is 2. The fraction of sp³-hybridized carbons (Fsp3) is 0.789. The summed E-state index contributed by atoms with van der Waals surface area (Å²) in [6, 6.07) is 0. The molecule has 0 heterocycles. The summed E-state index contributed by atoms with van der Waals surface area (Å²) < 4.78 is 0. The third kappa shape index (κ3) is 10.7. The van der Waals surface area contributed by atoms with Crippen molar-refractivity contribution in [2.45, 2.75) is 78.2 Å². The number of aliphatic hydroxyl groups is 1. The molecule has 0 aromatic rings. The molecular formula is C19H37NO. The molecular weight excluding hydrogens is 258 g/mol. The van der Waals surface area contributed by atoms with Crippen molar-refractivity contribution in [3.63, 3.8) is 0 Å². The molecule has 0 aromatic heterocycles. The van der Waals surface area contributed by atoms with Crippen molar-refractivity contribution in [2.24, 2.45) is 0 Å². The molecule has 0 saturated carbocycles. The Balaban J connectivity index is 4.48. The molecule has 0 saturated heterocycles. The lowest BCUT2D eigenvalue weighted by molar-refractivity contribution is 0.0262. The van der Waals surface area contributed by atoms with E-state index in [2.05, 4.69) is 30.9 Å². The lowest BCUT2D eigenvalue weighted by atomic mass is 9.91. The van der Waals surface area contributed by atoms with Gasteiger partial charge in [0.05, 0.1) is 5.60 Å². The molecule has 124 valence electrons. The van der Waals surface area contributed by atoms with Crippen LogP contribution >= 0.6 is 0 Å². The summed E-state index contributed by atoms with van der Waals surface area (Å²) in [7, 11) is 0. The Kier molecular flexibility index (Phi) is 12.7. The zero-order chi connectivity index (χ0) is 16.0. The highest BCUT2D eigenvalue weighted by atomic mass is 16.3. The van der Waals surface area contributed by atoms with Crippen LogP contribution in [-0.2, 0) is 0 Å². The van der Waals surface area contributed by atoms with E-state index in [0.717, 1.165) is 25.8 Å². The van der Waals surface area contributed by atoms with E-state index in [0.29, 0.717) is 0 Å². The lowest BCUT2D eigenvalue weighted by Gasteiger charge is -2.30. The van der Waals surface area contributed by atoms with E-state index >= 15 is 0 Å². The SMILES string of the molecule is CC=CCC(O)(CC=CC)CCN(CCCC)CCCC. The predicted octanol–water partition coefficient (Wildman–Crippen LogP) is 4.94. The first-order valence-corrected chi connectivity index (χ1v) is 8.79. The van der Waals surface area contributed by atoms with Gasteiger partial charge in [-0.05, 0) is 59.0 Å². The average molecular weight is 296 g/mol. The third-order valence-electron chi connectivity index (χ3n) is 4.02. The van der Waals surface area contributed by atoms with Gasteiger partial charge in [0.2, 0.25) is 0 Å². The minimum Gasteiger partial charge on any atom is -0.389 e. The molecule has 2 heteroatoms. The molecule has 0 aliphatic carbocycles. The second-order valence-electron chi connectivity index (χ2n) is 6.07. The molecule has 0 aliphatic rings. The highest BCUT2D eigenvalue weighted by Crippen LogP contribution is 2.22.